The summed E-state index contributed by atoms with van der Waals surface area (Å²) in [6.45, 7) is 5.42. The first-order chi connectivity index (χ1) is 9.13. The molecule has 1 aromatic rings. The smallest absolute Gasteiger partial charge is 0.337 e. The van der Waals surface area contributed by atoms with E-state index >= 15 is 0 Å². The average molecular weight is 263 g/mol. The molecule has 0 aromatic carbocycles. The zero-order valence-electron chi connectivity index (χ0n) is 11.5. The van der Waals surface area contributed by atoms with Crippen molar-refractivity contribution in [2.45, 2.75) is 25.8 Å². The number of carboxylic acid groups (broad SMARTS) is 1. The maximum Gasteiger partial charge on any atom is 0.337 e. The molecule has 0 amide bonds. The molecule has 0 spiro atoms. The van der Waals surface area contributed by atoms with Crippen LogP contribution in [0.25, 0.3) is 0 Å². The van der Waals surface area contributed by atoms with Crippen molar-refractivity contribution >= 4 is 11.7 Å². The van der Waals surface area contributed by atoms with Gasteiger partial charge < -0.3 is 14.9 Å². The zero-order valence-corrected chi connectivity index (χ0v) is 11.5. The highest BCUT2D eigenvalue weighted by Gasteiger charge is 2.24. The minimum atomic E-state index is -0.893. The van der Waals surface area contributed by atoms with Crippen molar-refractivity contribution in [2.75, 3.05) is 31.6 Å². The van der Waals surface area contributed by atoms with Gasteiger partial charge in [-0.25, -0.2) is 4.79 Å². The van der Waals surface area contributed by atoms with E-state index in [2.05, 4.69) is 21.7 Å². The summed E-state index contributed by atoms with van der Waals surface area (Å²) >= 11 is 0. The fourth-order valence-electron chi connectivity index (χ4n) is 2.67. The number of likely N-dealkylation sites (tertiary alicyclic amines) is 1. The van der Waals surface area contributed by atoms with Crippen LogP contribution < -0.4 is 4.90 Å². The highest BCUT2D eigenvalue weighted by atomic mass is 16.4. The Morgan fingerprint density at radius 3 is 2.79 bits per heavy atom. The maximum atomic E-state index is 11.2. The molecule has 1 aliphatic heterocycles. The lowest BCUT2D eigenvalue weighted by molar-refractivity contribution is 0.0697. The van der Waals surface area contributed by atoms with Crippen LogP contribution in [0.15, 0.2) is 18.5 Å². The van der Waals surface area contributed by atoms with Crippen molar-refractivity contribution in [1.82, 2.24) is 9.88 Å². The molecule has 1 N–H and O–H groups in total. The molecular formula is C14H21N3O2. The fraction of sp³-hybridized carbons (Fsp3) is 0.571. The normalized spacial score (nSPS) is 17.4. The number of hydrogen-bond acceptors (Lipinski definition) is 4. The maximum absolute atomic E-state index is 11.2. The molecule has 1 aliphatic rings. The summed E-state index contributed by atoms with van der Waals surface area (Å²) < 4.78 is 0. The number of carbonyl (C=O) groups is 1. The molecule has 0 radical (unpaired) electrons. The predicted octanol–water partition coefficient (Wildman–Crippen LogP) is 1.70. The van der Waals surface area contributed by atoms with Crippen molar-refractivity contribution in [3.8, 4) is 0 Å². The Balaban J connectivity index is 2.12. The van der Waals surface area contributed by atoms with Crippen molar-refractivity contribution in [3.63, 3.8) is 0 Å². The monoisotopic (exact) mass is 263 g/mol. The van der Waals surface area contributed by atoms with Crippen molar-refractivity contribution < 1.29 is 9.90 Å². The van der Waals surface area contributed by atoms with E-state index in [9.17, 15) is 9.90 Å². The lowest BCUT2D eigenvalue weighted by atomic mass is 10.0. The molecule has 0 atom stereocenters. The van der Waals surface area contributed by atoms with Crippen molar-refractivity contribution in [3.05, 3.63) is 24.0 Å². The van der Waals surface area contributed by atoms with E-state index in [4.69, 9.17) is 0 Å². The van der Waals surface area contributed by atoms with Gasteiger partial charge in [0, 0.05) is 32.4 Å². The Kier molecular flexibility index (Phi) is 4.37. The number of carboxylic acids is 1. The summed E-state index contributed by atoms with van der Waals surface area (Å²) in [6, 6.07) is 1.96. The van der Waals surface area contributed by atoms with Gasteiger partial charge in [-0.15, -0.1) is 0 Å². The van der Waals surface area contributed by atoms with Gasteiger partial charge in [0.15, 0.2) is 0 Å². The highest BCUT2D eigenvalue weighted by molar-refractivity contribution is 5.94. The van der Waals surface area contributed by atoms with Crippen LogP contribution in [0.2, 0.25) is 0 Å². The van der Waals surface area contributed by atoms with Gasteiger partial charge in [0.1, 0.15) is 0 Å². The first kappa shape index (κ1) is 13.8. The molecule has 104 valence electrons. The van der Waals surface area contributed by atoms with Crippen LogP contribution in [0.3, 0.4) is 0 Å². The Morgan fingerprint density at radius 1 is 1.53 bits per heavy atom. The zero-order chi connectivity index (χ0) is 13.8. The molecule has 5 nitrogen and oxygen atoms in total. The summed E-state index contributed by atoms with van der Waals surface area (Å²) in [7, 11) is 1.97. The molecule has 1 aromatic heterocycles. The molecule has 5 heteroatoms. The lowest BCUT2D eigenvalue weighted by Crippen LogP contribution is -2.43. The topological polar surface area (TPSA) is 56.7 Å². The largest absolute Gasteiger partial charge is 0.478 e. The SMILES string of the molecule is CCN1CCC(N(C)c2cnccc2C(=O)O)CC1. The van der Waals surface area contributed by atoms with E-state index in [1.807, 2.05) is 7.05 Å². The second kappa shape index (κ2) is 6.02. The molecule has 0 bridgehead atoms. The van der Waals surface area contributed by atoms with E-state index in [0.717, 1.165) is 32.5 Å². The lowest BCUT2D eigenvalue weighted by Gasteiger charge is -2.37. The van der Waals surface area contributed by atoms with Crippen LogP contribution in [0.1, 0.15) is 30.1 Å². The number of hydrogen-bond donors (Lipinski definition) is 1. The number of piperidine rings is 1. The quantitative estimate of drug-likeness (QED) is 0.896. The Morgan fingerprint density at radius 2 is 2.21 bits per heavy atom. The number of anilines is 1. The molecule has 0 saturated carbocycles. The van der Waals surface area contributed by atoms with Gasteiger partial charge in [-0.3, -0.25) is 4.98 Å². The molecule has 0 unspecified atom stereocenters. The molecular weight excluding hydrogens is 242 g/mol. The molecule has 1 saturated heterocycles. The Bertz CT molecular complexity index is 442. The van der Waals surface area contributed by atoms with Crippen LogP contribution in [0.5, 0.6) is 0 Å². The third kappa shape index (κ3) is 3.04. The predicted molar refractivity (Wildman–Crippen MR) is 74.7 cm³/mol. The van der Waals surface area contributed by atoms with Gasteiger partial charge in [0.2, 0.25) is 0 Å². The number of nitrogens with zero attached hydrogens (tertiary/aromatic N) is 3. The minimum Gasteiger partial charge on any atom is -0.478 e. The van der Waals surface area contributed by atoms with E-state index < -0.39 is 5.97 Å². The summed E-state index contributed by atoms with van der Waals surface area (Å²) in [5, 5.41) is 9.23. The van der Waals surface area contributed by atoms with Crippen LogP contribution in [-0.4, -0.2) is 53.7 Å². The first-order valence-corrected chi connectivity index (χ1v) is 6.76. The third-order valence-corrected chi connectivity index (χ3v) is 3.96. The van der Waals surface area contributed by atoms with Gasteiger partial charge in [-0.05, 0) is 25.5 Å². The van der Waals surface area contributed by atoms with Crippen LogP contribution in [-0.2, 0) is 0 Å². The molecule has 0 aliphatic carbocycles. The molecule has 2 rings (SSSR count). The van der Waals surface area contributed by atoms with E-state index in [0.29, 0.717) is 17.3 Å². The summed E-state index contributed by atoms with van der Waals surface area (Å²) in [5.74, 6) is -0.893. The van der Waals surface area contributed by atoms with E-state index in [1.54, 1.807) is 12.3 Å². The molecule has 2 heterocycles. The molecule has 19 heavy (non-hydrogen) atoms. The third-order valence-electron chi connectivity index (χ3n) is 3.96. The van der Waals surface area contributed by atoms with E-state index in [-0.39, 0.29) is 0 Å². The second-order valence-electron chi connectivity index (χ2n) is 4.97. The second-order valence-corrected chi connectivity index (χ2v) is 4.97. The van der Waals surface area contributed by atoms with Crippen LogP contribution in [0.4, 0.5) is 5.69 Å². The Labute approximate surface area is 113 Å². The number of aromatic carboxylic acids is 1. The van der Waals surface area contributed by atoms with Gasteiger partial charge in [0.05, 0.1) is 17.4 Å². The number of aromatic nitrogens is 1. The number of pyridine rings is 1. The van der Waals surface area contributed by atoms with Crippen LogP contribution in [0, 0.1) is 0 Å². The average Bonchev–Trinajstić information content (AvgIpc) is 2.46. The van der Waals surface area contributed by atoms with Gasteiger partial charge in [-0.1, -0.05) is 6.92 Å². The minimum absolute atomic E-state index is 0.329. The first-order valence-electron chi connectivity index (χ1n) is 6.76. The van der Waals surface area contributed by atoms with Gasteiger partial charge in [0.25, 0.3) is 0 Å². The van der Waals surface area contributed by atoms with Crippen LogP contribution >= 0.6 is 0 Å². The number of rotatable bonds is 4. The van der Waals surface area contributed by atoms with Crippen molar-refractivity contribution in [1.29, 1.82) is 0 Å². The Hall–Kier alpha value is -1.62. The summed E-state index contributed by atoms with van der Waals surface area (Å²) in [6.07, 6.45) is 5.31. The fourth-order valence-corrected chi connectivity index (χ4v) is 2.67. The standard InChI is InChI=1S/C14H21N3O2/c1-3-17-8-5-11(6-9-17)16(2)13-10-15-7-4-12(13)14(18)19/h4,7,10-11H,3,5-6,8-9H2,1-2H3,(H,18,19). The van der Waals surface area contributed by atoms with Crippen molar-refractivity contribution in [2.24, 2.45) is 0 Å². The summed E-state index contributed by atoms with van der Waals surface area (Å²) in [5.41, 5.74) is 1.04. The molecule has 1 fully saturated rings. The van der Waals surface area contributed by atoms with Gasteiger partial charge in [-0.2, -0.15) is 0 Å². The summed E-state index contributed by atoms with van der Waals surface area (Å²) in [4.78, 5) is 19.8. The highest BCUT2D eigenvalue weighted by Crippen LogP contribution is 2.24. The van der Waals surface area contributed by atoms with Gasteiger partial charge >= 0.3 is 5.97 Å². The van der Waals surface area contributed by atoms with E-state index in [1.165, 1.54) is 6.20 Å².